The number of rotatable bonds is 9. The Bertz CT molecular complexity index is 481. The van der Waals surface area contributed by atoms with Crippen molar-refractivity contribution in [3.63, 3.8) is 0 Å². The van der Waals surface area contributed by atoms with E-state index in [0.29, 0.717) is 0 Å². The number of nitrogens with zero attached hydrogens (tertiary/aromatic N) is 1. The molecule has 4 nitrogen and oxygen atoms in total. The van der Waals surface area contributed by atoms with Crippen molar-refractivity contribution < 1.29 is 4.74 Å². The number of aliphatic imine (C=N–C) groups is 1. The van der Waals surface area contributed by atoms with Gasteiger partial charge in [0.2, 0.25) is 0 Å². The molecule has 0 amide bonds. The van der Waals surface area contributed by atoms with Crippen molar-refractivity contribution in [3.05, 3.63) is 35.4 Å². The van der Waals surface area contributed by atoms with Crippen LogP contribution in [0.3, 0.4) is 0 Å². The summed E-state index contributed by atoms with van der Waals surface area (Å²) in [6.07, 6.45) is 3.17. The van der Waals surface area contributed by atoms with E-state index in [1.165, 1.54) is 11.1 Å². The second kappa shape index (κ2) is 13.4. The second-order valence-corrected chi connectivity index (χ2v) is 7.03. The largest absolute Gasteiger partial charge is 0.382 e. The van der Waals surface area contributed by atoms with Crippen LogP contribution < -0.4 is 10.6 Å². The minimum atomic E-state index is 0. The Kier molecular flexibility index (Phi) is 13.0. The fourth-order valence-electron chi connectivity index (χ4n) is 2.40. The summed E-state index contributed by atoms with van der Waals surface area (Å²) >= 11 is 0. The van der Waals surface area contributed by atoms with E-state index in [1.807, 2.05) is 14.0 Å². The lowest BCUT2D eigenvalue weighted by Gasteiger charge is -2.19. The molecule has 1 aromatic rings. The maximum Gasteiger partial charge on any atom is 0.190 e. The third-order valence-corrected chi connectivity index (χ3v) is 3.96. The van der Waals surface area contributed by atoms with Crippen molar-refractivity contribution >= 4 is 29.9 Å². The van der Waals surface area contributed by atoms with Crippen LogP contribution in [0.25, 0.3) is 0 Å². The average Bonchev–Trinajstić information content (AvgIpc) is 2.56. The molecule has 0 radical (unpaired) electrons. The van der Waals surface area contributed by atoms with Crippen LogP contribution in [0.1, 0.15) is 51.7 Å². The molecule has 0 bridgehead atoms. The molecule has 144 valence electrons. The molecule has 5 heteroatoms. The van der Waals surface area contributed by atoms with Crippen LogP contribution in [-0.4, -0.2) is 39.3 Å². The van der Waals surface area contributed by atoms with Gasteiger partial charge < -0.3 is 15.4 Å². The topological polar surface area (TPSA) is 45.6 Å². The van der Waals surface area contributed by atoms with Gasteiger partial charge in [-0.3, -0.25) is 4.99 Å². The van der Waals surface area contributed by atoms with Gasteiger partial charge in [0, 0.05) is 33.4 Å². The third-order valence-electron chi connectivity index (χ3n) is 3.96. The predicted molar refractivity (Wildman–Crippen MR) is 119 cm³/mol. The Balaban J connectivity index is 0.00000576. The van der Waals surface area contributed by atoms with E-state index in [4.69, 9.17) is 4.74 Å². The summed E-state index contributed by atoms with van der Waals surface area (Å²) < 4.78 is 5.34. The van der Waals surface area contributed by atoms with Gasteiger partial charge in [-0.05, 0) is 42.7 Å². The summed E-state index contributed by atoms with van der Waals surface area (Å²) in [6.45, 7) is 12.2. The first-order valence-corrected chi connectivity index (χ1v) is 9.09. The SMILES string of the molecule is CCOCCCCNC(=NC)NCCc1ccc(C(C)(C)C)cc1.I. The van der Waals surface area contributed by atoms with Crippen LogP contribution in [0.2, 0.25) is 0 Å². The minimum Gasteiger partial charge on any atom is -0.382 e. The van der Waals surface area contributed by atoms with Crippen molar-refractivity contribution in [2.24, 2.45) is 4.99 Å². The molecule has 2 N–H and O–H groups in total. The van der Waals surface area contributed by atoms with Crippen LogP contribution in [0.4, 0.5) is 0 Å². The first-order valence-electron chi connectivity index (χ1n) is 9.09. The van der Waals surface area contributed by atoms with Gasteiger partial charge in [0.1, 0.15) is 0 Å². The van der Waals surface area contributed by atoms with E-state index in [2.05, 4.69) is 60.7 Å². The molecule has 0 aromatic heterocycles. The van der Waals surface area contributed by atoms with Crippen molar-refractivity contribution in [1.82, 2.24) is 10.6 Å². The van der Waals surface area contributed by atoms with Crippen molar-refractivity contribution in [3.8, 4) is 0 Å². The van der Waals surface area contributed by atoms with Crippen LogP contribution in [0.5, 0.6) is 0 Å². The fourth-order valence-corrected chi connectivity index (χ4v) is 2.40. The van der Waals surface area contributed by atoms with Crippen molar-refractivity contribution in [2.75, 3.05) is 33.4 Å². The average molecular weight is 461 g/mol. The minimum absolute atomic E-state index is 0. The zero-order valence-electron chi connectivity index (χ0n) is 16.5. The molecular weight excluding hydrogens is 425 g/mol. The predicted octanol–water partition coefficient (Wildman–Crippen LogP) is 4.13. The molecule has 0 heterocycles. The number of benzene rings is 1. The lowest BCUT2D eigenvalue weighted by Crippen LogP contribution is -2.38. The van der Waals surface area contributed by atoms with Gasteiger partial charge in [-0.2, -0.15) is 0 Å². The molecule has 0 saturated heterocycles. The van der Waals surface area contributed by atoms with Crippen molar-refractivity contribution in [2.45, 2.75) is 52.4 Å². The third kappa shape index (κ3) is 10.7. The number of ether oxygens (including phenoxy) is 1. The highest BCUT2D eigenvalue weighted by Crippen LogP contribution is 2.22. The Morgan fingerprint density at radius 1 is 1.04 bits per heavy atom. The Hall–Kier alpha value is -0.820. The maximum absolute atomic E-state index is 5.34. The zero-order valence-corrected chi connectivity index (χ0v) is 18.9. The monoisotopic (exact) mass is 461 g/mol. The van der Waals surface area contributed by atoms with E-state index in [1.54, 1.807) is 0 Å². The standard InChI is InChI=1S/C20H35N3O.HI/c1-6-24-16-8-7-14-22-19(21-5)23-15-13-17-9-11-18(12-10-17)20(2,3)4;/h9-12H,6-8,13-16H2,1-5H3,(H2,21,22,23);1H. The van der Waals surface area contributed by atoms with Crippen molar-refractivity contribution in [1.29, 1.82) is 0 Å². The van der Waals surface area contributed by atoms with E-state index < -0.39 is 0 Å². The highest BCUT2D eigenvalue weighted by Gasteiger charge is 2.12. The maximum atomic E-state index is 5.34. The number of hydrogen-bond donors (Lipinski definition) is 2. The molecule has 0 aliphatic heterocycles. The quantitative estimate of drug-likeness (QED) is 0.252. The fraction of sp³-hybridized carbons (Fsp3) is 0.650. The molecule has 0 aliphatic rings. The molecule has 1 rings (SSSR count). The number of guanidine groups is 1. The Morgan fingerprint density at radius 3 is 2.24 bits per heavy atom. The van der Waals surface area contributed by atoms with Gasteiger partial charge >= 0.3 is 0 Å². The van der Waals surface area contributed by atoms with E-state index in [0.717, 1.165) is 51.5 Å². The summed E-state index contributed by atoms with van der Waals surface area (Å²) in [6, 6.07) is 8.93. The van der Waals surface area contributed by atoms with Gasteiger partial charge in [-0.1, -0.05) is 45.0 Å². The highest BCUT2D eigenvalue weighted by atomic mass is 127. The van der Waals surface area contributed by atoms with Gasteiger partial charge in [0.05, 0.1) is 0 Å². The van der Waals surface area contributed by atoms with Gasteiger partial charge in [0.15, 0.2) is 5.96 Å². The van der Waals surface area contributed by atoms with E-state index in [9.17, 15) is 0 Å². The van der Waals surface area contributed by atoms with E-state index in [-0.39, 0.29) is 29.4 Å². The number of hydrogen-bond acceptors (Lipinski definition) is 2. The summed E-state index contributed by atoms with van der Waals surface area (Å²) in [5.41, 5.74) is 2.94. The molecule has 0 unspecified atom stereocenters. The second-order valence-electron chi connectivity index (χ2n) is 7.03. The molecule has 1 aromatic carbocycles. The first-order chi connectivity index (χ1) is 11.5. The lowest BCUT2D eigenvalue weighted by molar-refractivity contribution is 0.143. The van der Waals surface area contributed by atoms with Crippen LogP contribution >= 0.6 is 24.0 Å². The molecular formula is C20H36IN3O. The zero-order chi connectivity index (χ0) is 17.8. The summed E-state index contributed by atoms with van der Waals surface area (Å²) in [4.78, 5) is 4.26. The smallest absolute Gasteiger partial charge is 0.190 e. The molecule has 0 aliphatic carbocycles. The van der Waals surface area contributed by atoms with Gasteiger partial charge in [0.25, 0.3) is 0 Å². The molecule has 0 atom stereocenters. The Morgan fingerprint density at radius 2 is 1.68 bits per heavy atom. The summed E-state index contributed by atoms with van der Waals surface area (Å²) in [5.74, 6) is 0.873. The number of unbranched alkanes of at least 4 members (excludes halogenated alkanes) is 1. The van der Waals surface area contributed by atoms with Gasteiger partial charge in [-0.25, -0.2) is 0 Å². The molecule has 0 fully saturated rings. The van der Waals surface area contributed by atoms with Crippen LogP contribution in [-0.2, 0) is 16.6 Å². The van der Waals surface area contributed by atoms with Gasteiger partial charge in [-0.15, -0.1) is 24.0 Å². The highest BCUT2D eigenvalue weighted by molar-refractivity contribution is 14.0. The Labute approximate surface area is 171 Å². The summed E-state index contributed by atoms with van der Waals surface area (Å²) in [7, 11) is 1.81. The first kappa shape index (κ1) is 24.2. The molecule has 25 heavy (non-hydrogen) atoms. The summed E-state index contributed by atoms with van der Waals surface area (Å²) in [5, 5.41) is 6.72. The normalized spacial score (nSPS) is 11.8. The van der Waals surface area contributed by atoms with Crippen LogP contribution in [0, 0.1) is 0 Å². The number of halogens is 1. The van der Waals surface area contributed by atoms with E-state index >= 15 is 0 Å². The molecule has 0 spiro atoms. The van der Waals surface area contributed by atoms with Crippen LogP contribution in [0.15, 0.2) is 29.3 Å². The number of nitrogens with one attached hydrogen (secondary N) is 2. The lowest BCUT2D eigenvalue weighted by atomic mass is 9.86. The molecule has 0 saturated carbocycles.